The van der Waals surface area contributed by atoms with Crippen molar-refractivity contribution in [1.82, 2.24) is 9.78 Å². The van der Waals surface area contributed by atoms with Crippen LogP contribution in [-0.4, -0.2) is 16.3 Å². The van der Waals surface area contributed by atoms with Gasteiger partial charge in [-0.05, 0) is 36.2 Å². The largest absolute Gasteiger partial charge is 0.369 e. The summed E-state index contributed by atoms with van der Waals surface area (Å²) < 4.78 is 1.89. The van der Waals surface area contributed by atoms with E-state index in [1.165, 1.54) is 5.56 Å². The normalized spacial score (nSPS) is 13.0. The summed E-state index contributed by atoms with van der Waals surface area (Å²) in [6, 6.07) is 13.3. The zero-order valence-electron chi connectivity index (χ0n) is 12.7. The fourth-order valence-electron chi connectivity index (χ4n) is 3.03. The molecule has 0 unspecified atom stereocenters. The van der Waals surface area contributed by atoms with E-state index < -0.39 is 0 Å². The monoisotopic (exact) mass is 377 g/mol. The van der Waals surface area contributed by atoms with E-state index in [-0.39, 0.29) is 0 Å². The van der Waals surface area contributed by atoms with Crippen molar-refractivity contribution >= 4 is 40.6 Å². The molecule has 1 aliphatic heterocycles. The van der Waals surface area contributed by atoms with Crippen molar-refractivity contribution in [2.24, 2.45) is 0 Å². The molecule has 1 aromatic heterocycles. The van der Waals surface area contributed by atoms with Crippen molar-refractivity contribution in [2.45, 2.75) is 12.8 Å². The highest BCUT2D eigenvalue weighted by Crippen LogP contribution is 2.33. The molecule has 4 rings (SSSR count). The van der Waals surface area contributed by atoms with Crippen LogP contribution < -0.4 is 5.32 Å². The Hall–Kier alpha value is -1.68. The molecule has 122 valence electrons. The number of hydrogen-bond donors (Lipinski definition) is 1. The summed E-state index contributed by atoms with van der Waals surface area (Å²) in [5.41, 5.74) is 4.12. The van der Waals surface area contributed by atoms with E-state index in [0.29, 0.717) is 21.5 Å². The molecule has 0 bridgehead atoms. The number of nitrogens with zero attached hydrogens (tertiary/aromatic N) is 2. The molecule has 2 heterocycles. The third kappa shape index (κ3) is 2.77. The topological polar surface area (TPSA) is 29.9 Å². The van der Waals surface area contributed by atoms with Crippen LogP contribution in [0.15, 0.2) is 42.5 Å². The van der Waals surface area contributed by atoms with Gasteiger partial charge in [0.05, 0.1) is 16.4 Å². The first-order valence-electron chi connectivity index (χ1n) is 7.67. The average Bonchev–Trinajstić information content (AvgIpc) is 3.14. The summed E-state index contributed by atoms with van der Waals surface area (Å²) in [7, 11) is 0. The lowest BCUT2D eigenvalue weighted by atomic mass is 10.1. The maximum atomic E-state index is 6.35. The predicted molar refractivity (Wildman–Crippen MR) is 100 cm³/mol. The van der Waals surface area contributed by atoms with Gasteiger partial charge in [0.1, 0.15) is 5.82 Å². The van der Waals surface area contributed by atoms with Gasteiger partial charge in [0.25, 0.3) is 0 Å². The van der Waals surface area contributed by atoms with E-state index in [1.54, 1.807) is 6.07 Å². The van der Waals surface area contributed by atoms with Crippen LogP contribution in [0.1, 0.15) is 16.8 Å². The second-order valence-electron chi connectivity index (χ2n) is 5.73. The number of fused-ring (bicyclic) bond motifs is 1. The van der Waals surface area contributed by atoms with E-state index in [2.05, 4.69) is 5.32 Å². The van der Waals surface area contributed by atoms with Crippen molar-refractivity contribution in [1.29, 1.82) is 0 Å². The smallest absolute Gasteiger partial charge is 0.133 e. The Morgan fingerprint density at radius 1 is 1.04 bits per heavy atom. The highest BCUT2D eigenvalue weighted by molar-refractivity contribution is 6.35. The van der Waals surface area contributed by atoms with E-state index in [9.17, 15) is 0 Å². The molecule has 1 N–H and O–H groups in total. The Bertz CT molecular complexity index is 918. The standard InChI is InChI=1S/C18H14Cl3N3/c19-12-6-5-11(15(21)10-12)9-16-13-7-8-22-18(13)24(23-16)17-4-2-1-3-14(17)20/h1-6,10,22H,7-9H2. The van der Waals surface area contributed by atoms with Gasteiger partial charge in [-0.25, -0.2) is 4.68 Å². The fraction of sp³-hybridized carbons (Fsp3) is 0.167. The van der Waals surface area contributed by atoms with Crippen LogP contribution in [0.3, 0.4) is 0 Å². The third-order valence-corrected chi connectivity index (χ3v) is 5.09. The Kier molecular flexibility index (Phi) is 4.17. The molecule has 24 heavy (non-hydrogen) atoms. The first kappa shape index (κ1) is 15.8. The molecule has 1 aliphatic rings. The molecule has 0 spiro atoms. The minimum absolute atomic E-state index is 0.636. The Morgan fingerprint density at radius 3 is 2.67 bits per heavy atom. The quantitative estimate of drug-likeness (QED) is 0.662. The van der Waals surface area contributed by atoms with Crippen LogP contribution in [0.5, 0.6) is 0 Å². The summed E-state index contributed by atoms with van der Waals surface area (Å²) in [6.45, 7) is 0.902. The molecule has 0 amide bonds. The molecule has 0 radical (unpaired) electrons. The molecule has 0 aliphatic carbocycles. The van der Waals surface area contributed by atoms with E-state index in [4.69, 9.17) is 39.9 Å². The molecule has 0 fully saturated rings. The maximum Gasteiger partial charge on any atom is 0.133 e. The van der Waals surface area contributed by atoms with Crippen molar-refractivity contribution in [3.63, 3.8) is 0 Å². The molecule has 3 nitrogen and oxygen atoms in total. The van der Waals surface area contributed by atoms with Crippen molar-refractivity contribution in [3.05, 3.63) is 74.4 Å². The second-order valence-corrected chi connectivity index (χ2v) is 6.98. The predicted octanol–water partition coefficient (Wildman–Crippen LogP) is 5.39. The van der Waals surface area contributed by atoms with Crippen molar-refractivity contribution in [3.8, 4) is 5.69 Å². The van der Waals surface area contributed by atoms with Crippen LogP contribution in [0.4, 0.5) is 5.82 Å². The summed E-state index contributed by atoms with van der Waals surface area (Å²) in [5.74, 6) is 1.02. The second kappa shape index (κ2) is 6.32. The Labute approximate surface area is 155 Å². The number of hydrogen-bond acceptors (Lipinski definition) is 2. The number of rotatable bonds is 3. The van der Waals surface area contributed by atoms with Crippen LogP contribution in [-0.2, 0) is 12.8 Å². The first-order valence-corrected chi connectivity index (χ1v) is 8.80. The molecular formula is C18H14Cl3N3. The van der Waals surface area contributed by atoms with Crippen molar-refractivity contribution in [2.75, 3.05) is 11.9 Å². The molecule has 0 saturated heterocycles. The van der Waals surface area contributed by atoms with Gasteiger partial charge in [0.2, 0.25) is 0 Å². The van der Waals surface area contributed by atoms with E-state index in [1.807, 2.05) is 41.1 Å². The molecule has 0 saturated carbocycles. The highest BCUT2D eigenvalue weighted by Gasteiger charge is 2.24. The highest BCUT2D eigenvalue weighted by atomic mass is 35.5. The lowest BCUT2D eigenvalue weighted by molar-refractivity contribution is 0.840. The molecule has 6 heteroatoms. The van der Waals surface area contributed by atoms with Crippen molar-refractivity contribution < 1.29 is 0 Å². The minimum atomic E-state index is 0.636. The zero-order valence-corrected chi connectivity index (χ0v) is 15.0. The van der Waals surface area contributed by atoms with Gasteiger partial charge >= 0.3 is 0 Å². The minimum Gasteiger partial charge on any atom is -0.369 e. The molecule has 0 atom stereocenters. The maximum absolute atomic E-state index is 6.35. The summed E-state index contributed by atoms with van der Waals surface area (Å²) in [4.78, 5) is 0. The van der Waals surface area contributed by atoms with E-state index in [0.717, 1.165) is 35.7 Å². The van der Waals surface area contributed by atoms with Gasteiger partial charge in [0, 0.05) is 28.6 Å². The molecule has 3 aromatic rings. The lowest BCUT2D eigenvalue weighted by Gasteiger charge is -2.08. The Balaban J connectivity index is 1.78. The number of anilines is 1. The number of benzene rings is 2. The SMILES string of the molecule is Clc1ccc(Cc2nn(-c3ccccc3Cl)c3c2CCN3)c(Cl)c1. The van der Waals surface area contributed by atoms with Gasteiger partial charge in [-0.1, -0.05) is 53.0 Å². The number of nitrogens with one attached hydrogen (secondary N) is 1. The van der Waals surface area contributed by atoms with Crippen LogP contribution >= 0.6 is 34.8 Å². The number of halogens is 3. The van der Waals surface area contributed by atoms with Crippen LogP contribution in [0.25, 0.3) is 5.69 Å². The van der Waals surface area contributed by atoms with E-state index >= 15 is 0 Å². The van der Waals surface area contributed by atoms with Crippen LogP contribution in [0.2, 0.25) is 15.1 Å². The van der Waals surface area contributed by atoms with Gasteiger partial charge in [-0.2, -0.15) is 5.10 Å². The molecular weight excluding hydrogens is 365 g/mol. The van der Waals surface area contributed by atoms with Crippen LogP contribution in [0, 0.1) is 0 Å². The summed E-state index contributed by atoms with van der Waals surface area (Å²) in [5, 5.41) is 10.2. The summed E-state index contributed by atoms with van der Waals surface area (Å²) >= 11 is 18.7. The average molecular weight is 379 g/mol. The zero-order chi connectivity index (χ0) is 16.7. The molecule has 2 aromatic carbocycles. The fourth-order valence-corrected chi connectivity index (χ4v) is 3.72. The van der Waals surface area contributed by atoms with Gasteiger partial charge < -0.3 is 5.32 Å². The lowest BCUT2D eigenvalue weighted by Crippen LogP contribution is -2.05. The summed E-state index contributed by atoms with van der Waals surface area (Å²) in [6.07, 6.45) is 1.61. The van der Waals surface area contributed by atoms with Gasteiger partial charge in [-0.15, -0.1) is 0 Å². The van der Waals surface area contributed by atoms with Gasteiger partial charge in [0.15, 0.2) is 0 Å². The number of para-hydroxylation sites is 1. The first-order chi connectivity index (χ1) is 11.6. The Morgan fingerprint density at radius 2 is 1.88 bits per heavy atom. The third-order valence-electron chi connectivity index (χ3n) is 4.19. The number of aromatic nitrogens is 2. The van der Waals surface area contributed by atoms with Gasteiger partial charge in [-0.3, -0.25) is 0 Å².